The molecule has 1 aromatic heterocycles. The number of hydrogen-bond donors (Lipinski definition) is 2. The predicted octanol–water partition coefficient (Wildman–Crippen LogP) is 3.43. The van der Waals surface area contributed by atoms with Gasteiger partial charge >= 0.3 is 5.69 Å². The number of halogens is 2. The minimum atomic E-state index is -0.951. The molecule has 34 heavy (non-hydrogen) atoms. The molecule has 0 unspecified atom stereocenters. The number of carbonyl (C=O) groups excluding carboxylic acids is 2. The van der Waals surface area contributed by atoms with E-state index in [1.54, 1.807) is 42.5 Å². The first-order chi connectivity index (χ1) is 16.3. The number of aromatic amines is 1. The zero-order valence-electron chi connectivity index (χ0n) is 17.0. The van der Waals surface area contributed by atoms with Crippen LogP contribution in [0.2, 0.25) is 5.02 Å². The van der Waals surface area contributed by atoms with Crippen molar-refractivity contribution in [1.82, 2.24) is 14.6 Å². The Bertz CT molecular complexity index is 1670. The van der Waals surface area contributed by atoms with E-state index < -0.39 is 34.5 Å². The average Bonchev–Trinajstić information content (AvgIpc) is 2.80. The molecule has 4 aromatic rings. The Morgan fingerprint density at radius 3 is 2.41 bits per heavy atom. The molecule has 0 saturated heterocycles. The molecule has 0 bridgehead atoms. The van der Waals surface area contributed by atoms with Crippen molar-refractivity contribution in [3.05, 3.63) is 102 Å². The second-order valence-corrected chi connectivity index (χ2v) is 8.59. The Morgan fingerprint density at radius 1 is 0.971 bits per heavy atom. The third-order valence-electron chi connectivity index (χ3n) is 5.32. The monoisotopic (exact) mass is 538 g/mol. The van der Waals surface area contributed by atoms with Gasteiger partial charge in [0.25, 0.3) is 17.4 Å². The number of imide groups is 1. The van der Waals surface area contributed by atoms with Crippen LogP contribution in [0.4, 0.5) is 0 Å². The summed E-state index contributed by atoms with van der Waals surface area (Å²) in [5.74, 6) is -2.13. The standard InChI is InChI=1S/C23H12BrClN4O5/c24-17-8-7-15-18-13(17)5-2-6-14(18)21(32)29(22(15)33)26-10-16-19(30)27-23(34)28(20(16)31)12-4-1-3-11(25)9-12/h1-10,31H,(H,27,30,34)/b26-10+. The molecule has 0 aliphatic carbocycles. The van der Waals surface area contributed by atoms with Crippen molar-refractivity contribution < 1.29 is 14.7 Å². The number of hydrazone groups is 1. The highest BCUT2D eigenvalue weighted by atomic mass is 79.9. The third-order valence-corrected chi connectivity index (χ3v) is 6.25. The fourth-order valence-corrected chi connectivity index (χ4v) is 4.43. The molecule has 0 saturated carbocycles. The number of hydrogen-bond acceptors (Lipinski definition) is 6. The van der Waals surface area contributed by atoms with Gasteiger partial charge in [0.05, 0.1) is 23.0 Å². The highest BCUT2D eigenvalue weighted by molar-refractivity contribution is 9.10. The highest BCUT2D eigenvalue weighted by Crippen LogP contribution is 2.34. The van der Waals surface area contributed by atoms with Crippen LogP contribution in [0.25, 0.3) is 16.5 Å². The maximum Gasteiger partial charge on any atom is 0.335 e. The number of nitrogens with one attached hydrogen (secondary N) is 1. The number of H-pyrrole nitrogens is 1. The second-order valence-electron chi connectivity index (χ2n) is 7.30. The second kappa shape index (κ2) is 8.08. The summed E-state index contributed by atoms with van der Waals surface area (Å²) < 4.78 is 1.55. The molecule has 2 amide bonds. The molecule has 5 rings (SSSR count). The molecule has 9 nitrogen and oxygen atoms in total. The smallest absolute Gasteiger partial charge is 0.335 e. The lowest BCUT2D eigenvalue weighted by Crippen LogP contribution is -2.37. The van der Waals surface area contributed by atoms with Crippen LogP contribution in [-0.4, -0.2) is 37.7 Å². The summed E-state index contributed by atoms with van der Waals surface area (Å²) in [4.78, 5) is 52.9. The number of benzene rings is 3. The number of nitrogens with zero attached hydrogens (tertiary/aromatic N) is 3. The van der Waals surface area contributed by atoms with E-state index in [0.717, 1.165) is 15.3 Å². The first-order valence-electron chi connectivity index (χ1n) is 9.76. The Labute approximate surface area is 203 Å². The summed E-state index contributed by atoms with van der Waals surface area (Å²) in [7, 11) is 0. The van der Waals surface area contributed by atoms with E-state index in [2.05, 4.69) is 26.0 Å². The van der Waals surface area contributed by atoms with Gasteiger partial charge in [-0.3, -0.25) is 19.4 Å². The normalized spacial score (nSPS) is 13.3. The van der Waals surface area contributed by atoms with Gasteiger partial charge in [-0.15, -0.1) is 0 Å². The zero-order chi connectivity index (χ0) is 24.1. The van der Waals surface area contributed by atoms with Crippen molar-refractivity contribution in [2.24, 2.45) is 5.10 Å². The quantitative estimate of drug-likeness (QED) is 0.305. The van der Waals surface area contributed by atoms with E-state index in [-0.39, 0.29) is 16.8 Å². The van der Waals surface area contributed by atoms with E-state index in [4.69, 9.17) is 11.6 Å². The fraction of sp³-hybridized carbons (Fsp3) is 0. The first-order valence-corrected chi connectivity index (χ1v) is 10.9. The van der Waals surface area contributed by atoms with Crippen LogP contribution < -0.4 is 11.2 Å². The van der Waals surface area contributed by atoms with Gasteiger partial charge in [0.2, 0.25) is 5.88 Å². The minimum absolute atomic E-state index is 0.192. The van der Waals surface area contributed by atoms with Gasteiger partial charge in [0.1, 0.15) is 5.56 Å². The molecule has 0 fully saturated rings. The summed E-state index contributed by atoms with van der Waals surface area (Å²) in [6.07, 6.45) is 0.856. The van der Waals surface area contributed by atoms with Gasteiger partial charge < -0.3 is 5.11 Å². The van der Waals surface area contributed by atoms with E-state index in [0.29, 0.717) is 20.8 Å². The van der Waals surface area contributed by atoms with Crippen molar-refractivity contribution in [3.63, 3.8) is 0 Å². The maximum absolute atomic E-state index is 13.1. The molecule has 1 aliphatic rings. The van der Waals surface area contributed by atoms with Gasteiger partial charge in [0.15, 0.2) is 0 Å². The summed E-state index contributed by atoms with van der Waals surface area (Å²) in [5.41, 5.74) is -1.58. The van der Waals surface area contributed by atoms with Crippen LogP contribution in [0.15, 0.2) is 73.8 Å². The van der Waals surface area contributed by atoms with Crippen LogP contribution in [0.5, 0.6) is 5.88 Å². The van der Waals surface area contributed by atoms with E-state index in [1.807, 2.05) is 0 Å². The molecule has 0 spiro atoms. The van der Waals surface area contributed by atoms with Crippen LogP contribution in [0.1, 0.15) is 26.3 Å². The molecule has 0 atom stereocenters. The van der Waals surface area contributed by atoms with Crippen LogP contribution in [0, 0.1) is 0 Å². The lowest BCUT2D eigenvalue weighted by molar-refractivity contribution is 0.0616. The Kier molecular flexibility index (Phi) is 5.18. The zero-order valence-corrected chi connectivity index (χ0v) is 19.3. The Hall–Kier alpha value is -4.02. The van der Waals surface area contributed by atoms with Crippen molar-refractivity contribution in [2.45, 2.75) is 0 Å². The summed E-state index contributed by atoms with van der Waals surface area (Å²) in [5, 5.41) is 16.7. The van der Waals surface area contributed by atoms with Gasteiger partial charge in [-0.25, -0.2) is 9.36 Å². The first kappa shape index (κ1) is 21.8. The summed E-state index contributed by atoms with van der Waals surface area (Å²) in [6.45, 7) is 0. The van der Waals surface area contributed by atoms with Gasteiger partial charge in [-0.2, -0.15) is 10.1 Å². The number of carbonyl (C=O) groups is 2. The van der Waals surface area contributed by atoms with Gasteiger partial charge in [0, 0.05) is 14.9 Å². The predicted molar refractivity (Wildman–Crippen MR) is 129 cm³/mol. The molecule has 2 heterocycles. The molecule has 168 valence electrons. The topological polar surface area (TPSA) is 125 Å². The molecular formula is C23H12BrClN4O5. The molecule has 11 heteroatoms. The van der Waals surface area contributed by atoms with E-state index in [1.165, 1.54) is 12.1 Å². The fourth-order valence-electron chi connectivity index (χ4n) is 3.78. The molecular weight excluding hydrogens is 528 g/mol. The van der Waals surface area contributed by atoms with E-state index in [9.17, 15) is 24.3 Å². The van der Waals surface area contributed by atoms with Crippen LogP contribution in [0.3, 0.4) is 0 Å². The van der Waals surface area contributed by atoms with Crippen LogP contribution >= 0.6 is 27.5 Å². The molecule has 2 N–H and O–H groups in total. The van der Waals surface area contributed by atoms with Crippen molar-refractivity contribution in [2.75, 3.05) is 0 Å². The third kappa shape index (κ3) is 3.35. The Balaban J connectivity index is 1.62. The maximum atomic E-state index is 13.1. The Morgan fingerprint density at radius 2 is 1.68 bits per heavy atom. The average molecular weight is 540 g/mol. The van der Waals surface area contributed by atoms with Crippen LogP contribution in [-0.2, 0) is 0 Å². The van der Waals surface area contributed by atoms with E-state index >= 15 is 0 Å². The summed E-state index contributed by atoms with van der Waals surface area (Å²) in [6, 6.07) is 14.3. The number of aromatic hydroxyl groups is 1. The number of rotatable bonds is 3. The van der Waals surface area contributed by atoms with Crippen molar-refractivity contribution in [3.8, 4) is 11.6 Å². The minimum Gasteiger partial charge on any atom is -0.493 e. The van der Waals surface area contributed by atoms with Gasteiger partial charge in [-0.05, 0) is 41.8 Å². The highest BCUT2D eigenvalue weighted by Gasteiger charge is 2.33. The molecule has 0 radical (unpaired) electrons. The SMILES string of the molecule is O=C1c2cccc3c(Br)ccc(c23)C(=O)N1/N=C/c1c(O)n(-c2cccc(Cl)c2)c(=O)[nH]c1=O. The molecule has 3 aromatic carbocycles. The van der Waals surface area contributed by atoms with Crippen molar-refractivity contribution >= 4 is 56.3 Å². The summed E-state index contributed by atoms with van der Waals surface area (Å²) >= 11 is 9.39. The lowest BCUT2D eigenvalue weighted by atomic mass is 9.95. The number of aromatic nitrogens is 2. The largest absolute Gasteiger partial charge is 0.493 e. The number of amides is 2. The van der Waals surface area contributed by atoms with Crippen molar-refractivity contribution in [1.29, 1.82) is 0 Å². The van der Waals surface area contributed by atoms with Gasteiger partial charge in [-0.1, -0.05) is 45.7 Å². The molecule has 1 aliphatic heterocycles. The lowest BCUT2D eigenvalue weighted by Gasteiger charge is -2.23.